The number of phenols is 1. The van der Waals surface area contributed by atoms with Gasteiger partial charge in [0.25, 0.3) is 0 Å². The lowest BCUT2D eigenvalue weighted by molar-refractivity contribution is 0.235. The summed E-state index contributed by atoms with van der Waals surface area (Å²) in [6.45, 7) is 7.77. The van der Waals surface area contributed by atoms with Gasteiger partial charge in [0.05, 0.1) is 0 Å². The van der Waals surface area contributed by atoms with Crippen molar-refractivity contribution < 1.29 is 5.11 Å². The van der Waals surface area contributed by atoms with Crippen LogP contribution in [0.25, 0.3) is 10.8 Å². The summed E-state index contributed by atoms with van der Waals surface area (Å²) < 4.78 is 0. The topological polar surface area (TPSA) is 23.5 Å². The number of hydrogen-bond donors (Lipinski definition) is 1. The van der Waals surface area contributed by atoms with Crippen LogP contribution >= 0.6 is 0 Å². The van der Waals surface area contributed by atoms with Crippen LogP contribution in [-0.4, -0.2) is 23.1 Å². The Morgan fingerprint density at radius 1 is 1.10 bits per heavy atom. The van der Waals surface area contributed by atoms with E-state index in [0.29, 0.717) is 11.2 Å². The number of benzene rings is 2. The lowest BCUT2D eigenvalue weighted by Gasteiger charge is -2.26. The Morgan fingerprint density at radius 2 is 1.86 bits per heavy atom. The van der Waals surface area contributed by atoms with E-state index in [-0.39, 0.29) is 0 Å². The van der Waals surface area contributed by atoms with Crippen LogP contribution in [0.1, 0.15) is 38.7 Å². The third kappa shape index (κ3) is 2.65. The lowest BCUT2D eigenvalue weighted by Crippen LogP contribution is -2.26. The Kier molecular flexibility index (Phi) is 3.90. The summed E-state index contributed by atoms with van der Waals surface area (Å²) in [6.07, 6.45) is 3.79. The van der Waals surface area contributed by atoms with E-state index < -0.39 is 0 Å². The van der Waals surface area contributed by atoms with Crippen molar-refractivity contribution >= 4 is 10.8 Å². The molecule has 0 unspecified atom stereocenters. The smallest absolute Gasteiger partial charge is 0.120 e. The van der Waals surface area contributed by atoms with E-state index in [1.54, 1.807) is 0 Å². The van der Waals surface area contributed by atoms with Gasteiger partial charge < -0.3 is 5.11 Å². The zero-order valence-electron chi connectivity index (χ0n) is 13.1. The van der Waals surface area contributed by atoms with Crippen LogP contribution in [0.3, 0.4) is 0 Å². The van der Waals surface area contributed by atoms with Crippen LogP contribution in [-0.2, 0) is 6.54 Å². The fraction of sp³-hybridized carbons (Fsp3) is 0.474. The Labute approximate surface area is 127 Å². The molecule has 0 aliphatic carbocycles. The van der Waals surface area contributed by atoms with E-state index in [1.165, 1.54) is 30.0 Å². The second-order valence-electron chi connectivity index (χ2n) is 6.45. The zero-order chi connectivity index (χ0) is 14.9. The number of aromatic hydroxyl groups is 1. The third-order valence-electron chi connectivity index (χ3n) is 5.41. The largest absolute Gasteiger partial charge is 0.508 e. The minimum Gasteiger partial charge on any atom is -0.508 e. The summed E-state index contributed by atoms with van der Waals surface area (Å²) in [6, 6.07) is 12.2. The zero-order valence-corrected chi connectivity index (χ0v) is 13.1. The van der Waals surface area contributed by atoms with Crippen molar-refractivity contribution in [1.82, 2.24) is 4.90 Å². The minimum atomic E-state index is 0.430. The van der Waals surface area contributed by atoms with E-state index in [2.05, 4.69) is 43.0 Å². The van der Waals surface area contributed by atoms with E-state index in [4.69, 9.17) is 0 Å². The van der Waals surface area contributed by atoms with Gasteiger partial charge in [0, 0.05) is 18.7 Å². The summed E-state index contributed by atoms with van der Waals surface area (Å²) in [4.78, 5) is 2.51. The van der Waals surface area contributed by atoms with Crippen molar-refractivity contribution in [3.05, 3.63) is 42.0 Å². The highest BCUT2D eigenvalue weighted by molar-refractivity contribution is 5.87. The molecule has 0 spiro atoms. The number of nitrogens with zero attached hydrogens (tertiary/aromatic N) is 1. The Hall–Kier alpha value is -1.54. The Balaban J connectivity index is 1.88. The molecule has 1 fully saturated rings. The normalized spacial score (nSPS) is 18.4. The van der Waals surface area contributed by atoms with Crippen LogP contribution in [0.2, 0.25) is 0 Å². The second kappa shape index (κ2) is 5.69. The molecule has 0 atom stereocenters. The molecular formula is C19H25NO. The molecule has 0 radical (unpaired) electrons. The minimum absolute atomic E-state index is 0.430. The van der Waals surface area contributed by atoms with Crippen LogP contribution in [0.5, 0.6) is 5.75 Å². The lowest BCUT2D eigenvalue weighted by atomic mass is 9.82. The SMILES string of the molecule is CCC1(CC)CCN(Cc2c(O)ccc3ccccc23)C1. The number of fused-ring (bicyclic) bond motifs is 1. The van der Waals surface area contributed by atoms with Gasteiger partial charge in [0.15, 0.2) is 0 Å². The molecule has 1 aliphatic heterocycles. The molecule has 1 aliphatic rings. The molecule has 0 aromatic heterocycles. The molecule has 2 heteroatoms. The van der Waals surface area contributed by atoms with Crippen molar-refractivity contribution in [2.45, 2.75) is 39.7 Å². The van der Waals surface area contributed by atoms with Gasteiger partial charge in [0.1, 0.15) is 5.75 Å². The maximum absolute atomic E-state index is 10.3. The summed E-state index contributed by atoms with van der Waals surface area (Å²) in [5.41, 5.74) is 1.57. The summed E-state index contributed by atoms with van der Waals surface area (Å²) in [7, 11) is 0. The number of hydrogen-bond acceptors (Lipinski definition) is 2. The second-order valence-corrected chi connectivity index (χ2v) is 6.45. The molecule has 3 rings (SSSR count). The first kappa shape index (κ1) is 14.4. The highest BCUT2D eigenvalue weighted by atomic mass is 16.3. The monoisotopic (exact) mass is 283 g/mol. The highest BCUT2D eigenvalue weighted by Gasteiger charge is 2.35. The van der Waals surface area contributed by atoms with Gasteiger partial charge in [0.2, 0.25) is 0 Å². The predicted octanol–water partition coefficient (Wildman–Crippen LogP) is 4.56. The summed E-state index contributed by atoms with van der Waals surface area (Å²) >= 11 is 0. The van der Waals surface area contributed by atoms with Crippen molar-refractivity contribution in [2.75, 3.05) is 13.1 Å². The van der Waals surface area contributed by atoms with Crippen LogP contribution in [0.15, 0.2) is 36.4 Å². The average Bonchev–Trinajstić information content (AvgIpc) is 2.94. The fourth-order valence-corrected chi connectivity index (χ4v) is 3.70. The molecule has 21 heavy (non-hydrogen) atoms. The van der Waals surface area contributed by atoms with Gasteiger partial charge in [-0.15, -0.1) is 0 Å². The van der Waals surface area contributed by atoms with Gasteiger partial charge in [-0.3, -0.25) is 4.90 Å². The molecule has 2 nitrogen and oxygen atoms in total. The average molecular weight is 283 g/mol. The van der Waals surface area contributed by atoms with Crippen molar-refractivity contribution in [1.29, 1.82) is 0 Å². The van der Waals surface area contributed by atoms with Crippen LogP contribution < -0.4 is 0 Å². The summed E-state index contributed by atoms with van der Waals surface area (Å²) in [5, 5.41) is 12.7. The van der Waals surface area contributed by atoms with Crippen LogP contribution in [0, 0.1) is 5.41 Å². The third-order valence-corrected chi connectivity index (χ3v) is 5.41. The number of phenolic OH excluding ortho intramolecular Hbond substituents is 1. The first-order valence-electron chi connectivity index (χ1n) is 8.09. The van der Waals surface area contributed by atoms with E-state index in [0.717, 1.165) is 25.2 Å². The summed E-state index contributed by atoms with van der Waals surface area (Å²) in [5.74, 6) is 0.430. The Bertz CT molecular complexity index is 630. The first-order valence-corrected chi connectivity index (χ1v) is 8.09. The van der Waals surface area contributed by atoms with Gasteiger partial charge in [-0.2, -0.15) is 0 Å². The molecule has 1 saturated heterocycles. The van der Waals surface area contributed by atoms with Crippen molar-refractivity contribution in [3.63, 3.8) is 0 Å². The number of likely N-dealkylation sites (tertiary alicyclic amines) is 1. The predicted molar refractivity (Wildman–Crippen MR) is 88.5 cm³/mol. The van der Waals surface area contributed by atoms with E-state index in [9.17, 15) is 5.11 Å². The Morgan fingerprint density at radius 3 is 2.57 bits per heavy atom. The molecular weight excluding hydrogens is 258 g/mol. The molecule has 112 valence electrons. The van der Waals surface area contributed by atoms with Gasteiger partial charge in [-0.1, -0.05) is 44.2 Å². The van der Waals surface area contributed by atoms with E-state index in [1.807, 2.05) is 12.1 Å². The molecule has 1 N–H and O–H groups in total. The highest BCUT2D eigenvalue weighted by Crippen LogP contribution is 2.38. The molecule has 1 heterocycles. The standard InChI is InChI=1S/C19H25NO/c1-3-19(4-2)11-12-20(14-19)13-17-16-8-6-5-7-15(16)9-10-18(17)21/h5-10,21H,3-4,11-14H2,1-2H3. The quantitative estimate of drug-likeness (QED) is 0.889. The fourth-order valence-electron chi connectivity index (χ4n) is 3.70. The van der Waals surface area contributed by atoms with Crippen molar-refractivity contribution in [2.24, 2.45) is 5.41 Å². The first-order chi connectivity index (χ1) is 10.2. The maximum Gasteiger partial charge on any atom is 0.120 e. The molecule has 0 bridgehead atoms. The molecule has 0 amide bonds. The van der Waals surface area contributed by atoms with Gasteiger partial charge >= 0.3 is 0 Å². The van der Waals surface area contributed by atoms with Gasteiger partial charge in [-0.05, 0) is 48.1 Å². The van der Waals surface area contributed by atoms with Gasteiger partial charge in [-0.25, -0.2) is 0 Å². The molecule has 2 aromatic carbocycles. The van der Waals surface area contributed by atoms with E-state index >= 15 is 0 Å². The van der Waals surface area contributed by atoms with Crippen molar-refractivity contribution in [3.8, 4) is 5.75 Å². The number of rotatable bonds is 4. The maximum atomic E-state index is 10.3. The van der Waals surface area contributed by atoms with Crippen LogP contribution in [0.4, 0.5) is 0 Å². The molecule has 2 aromatic rings. The molecule has 0 saturated carbocycles.